The maximum Gasteiger partial charge on any atom is 0.224 e. The molecule has 0 radical (unpaired) electrons. The van der Waals surface area contributed by atoms with Crippen LogP contribution in [0, 0.1) is 0 Å². The molecule has 1 atom stereocenters. The maximum absolute atomic E-state index is 12.3. The first kappa shape index (κ1) is 14.3. The fourth-order valence-corrected chi connectivity index (χ4v) is 2.72. The summed E-state index contributed by atoms with van der Waals surface area (Å²) in [6.45, 7) is 2.00. The number of hydrogen-bond acceptors (Lipinski definition) is 2. The number of aromatic nitrogens is 2. The summed E-state index contributed by atoms with van der Waals surface area (Å²) >= 11 is 0. The lowest BCUT2D eigenvalue weighted by molar-refractivity contribution is -0.121. The van der Waals surface area contributed by atoms with Gasteiger partial charge in [0.25, 0.3) is 0 Å². The molecule has 1 unspecified atom stereocenters. The standard InChI is InChI=1S/C18H19N3O/c1-13(14-7-4-3-5-8-14)20-17(22)11-15-12-21(2)18-16(15)9-6-10-19-18/h3-10,12-13H,11H2,1-2H3,(H,20,22). The average molecular weight is 293 g/mol. The summed E-state index contributed by atoms with van der Waals surface area (Å²) in [7, 11) is 1.95. The molecule has 0 saturated carbocycles. The van der Waals surface area contributed by atoms with Gasteiger partial charge in [0.15, 0.2) is 0 Å². The number of hydrogen-bond donors (Lipinski definition) is 1. The summed E-state index contributed by atoms with van der Waals surface area (Å²) in [6, 6.07) is 13.9. The highest BCUT2D eigenvalue weighted by Gasteiger charge is 2.13. The van der Waals surface area contributed by atoms with Crippen molar-refractivity contribution in [2.24, 2.45) is 7.05 Å². The molecule has 22 heavy (non-hydrogen) atoms. The fraction of sp³-hybridized carbons (Fsp3) is 0.222. The van der Waals surface area contributed by atoms with E-state index in [4.69, 9.17) is 0 Å². The minimum atomic E-state index is 0.00167. The molecular formula is C18H19N3O. The van der Waals surface area contributed by atoms with Crippen molar-refractivity contribution in [1.29, 1.82) is 0 Å². The highest BCUT2D eigenvalue weighted by molar-refractivity contribution is 5.87. The molecule has 3 aromatic rings. The van der Waals surface area contributed by atoms with Crippen molar-refractivity contribution in [3.63, 3.8) is 0 Å². The van der Waals surface area contributed by atoms with Crippen molar-refractivity contribution in [2.45, 2.75) is 19.4 Å². The van der Waals surface area contributed by atoms with E-state index in [1.54, 1.807) is 6.20 Å². The fourth-order valence-electron chi connectivity index (χ4n) is 2.72. The molecule has 1 aromatic carbocycles. The summed E-state index contributed by atoms with van der Waals surface area (Å²) in [5.41, 5.74) is 3.01. The van der Waals surface area contributed by atoms with Crippen molar-refractivity contribution in [2.75, 3.05) is 0 Å². The van der Waals surface area contributed by atoms with Crippen LogP contribution in [0.4, 0.5) is 0 Å². The van der Waals surface area contributed by atoms with E-state index in [9.17, 15) is 4.79 Å². The van der Waals surface area contributed by atoms with Crippen LogP contribution in [-0.4, -0.2) is 15.5 Å². The minimum absolute atomic E-state index is 0.00167. The van der Waals surface area contributed by atoms with E-state index >= 15 is 0 Å². The first-order valence-corrected chi connectivity index (χ1v) is 7.38. The number of amides is 1. The molecule has 112 valence electrons. The Morgan fingerprint density at radius 3 is 2.77 bits per heavy atom. The Hall–Kier alpha value is -2.62. The van der Waals surface area contributed by atoms with Crippen molar-refractivity contribution >= 4 is 16.9 Å². The summed E-state index contributed by atoms with van der Waals surface area (Å²) in [6.07, 6.45) is 4.11. The van der Waals surface area contributed by atoms with Gasteiger partial charge in [-0.05, 0) is 30.2 Å². The van der Waals surface area contributed by atoms with Crippen molar-refractivity contribution < 1.29 is 4.79 Å². The second-order valence-electron chi connectivity index (χ2n) is 5.52. The molecule has 0 aliphatic heterocycles. The van der Waals surface area contributed by atoms with Crippen molar-refractivity contribution in [1.82, 2.24) is 14.9 Å². The van der Waals surface area contributed by atoms with Crippen LogP contribution < -0.4 is 5.32 Å². The number of carbonyl (C=O) groups is 1. The maximum atomic E-state index is 12.3. The molecule has 0 fully saturated rings. The Morgan fingerprint density at radius 1 is 1.23 bits per heavy atom. The highest BCUT2D eigenvalue weighted by atomic mass is 16.1. The quantitative estimate of drug-likeness (QED) is 0.804. The number of carbonyl (C=O) groups excluding carboxylic acids is 1. The lowest BCUT2D eigenvalue weighted by Crippen LogP contribution is -2.28. The number of benzene rings is 1. The summed E-state index contributed by atoms with van der Waals surface area (Å²) in [5.74, 6) is 0.0210. The Balaban J connectivity index is 1.74. The molecule has 0 aliphatic rings. The normalized spacial score (nSPS) is 12.3. The summed E-state index contributed by atoms with van der Waals surface area (Å²) in [5, 5.41) is 4.08. The van der Waals surface area contributed by atoms with Gasteiger partial charge in [-0.15, -0.1) is 0 Å². The minimum Gasteiger partial charge on any atom is -0.349 e. The number of rotatable bonds is 4. The molecule has 0 aliphatic carbocycles. The topological polar surface area (TPSA) is 46.9 Å². The third kappa shape index (κ3) is 2.86. The van der Waals surface area contributed by atoms with Gasteiger partial charge in [0.1, 0.15) is 5.65 Å². The van der Waals surface area contributed by atoms with E-state index in [1.807, 2.05) is 67.2 Å². The van der Waals surface area contributed by atoms with Crippen LogP contribution in [0.3, 0.4) is 0 Å². The zero-order valence-electron chi connectivity index (χ0n) is 12.8. The van der Waals surface area contributed by atoms with E-state index in [1.165, 1.54) is 0 Å². The van der Waals surface area contributed by atoms with Crippen LogP contribution in [0.25, 0.3) is 11.0 Å². The molecule has 4 heteroatoms. The van der Waals surface area contributed by atoms with Gasteiger partial charge in [0, 0.05) is 24.8 Å². The molecule has 0 bridgehead atoms. The van der Waals surface area contributed by atoms with E-state index in [0.717, 1.165) is 22.2 Å². The number of fused-ring (bicyclic) bond motifs is 1. The average Bonchev–Trinajstić information content (AvgIpc) is 2.85. The predicted octanol–water partition coefficient (Wildman–Crippen LogP) is 2.99. The SMILES string of the molecule is CC(NC(=O)Cc1cn(C)c2ncccc12)c1ccccc1. The van der Waals surface area contributed by atoms with Gasteiger partial charge in [0.2, 0.25) is 5.91 Å². The first-order valence-electron chi connectivity index (χ1n) is 7.38. The number of nitrogens with one attached hydrogen (secondary N) is 1. The smallest absolute Gasteiger partial charge is 0.224 e. The number of nitrogens with zero attached hydrogens (tertiary/aromatic N) is 2. The Labute approximate surface area is 129 Å². The van der Waals surface area contributed by atoms with E-state index in [-0.39, 0.29) is 11.9 Å². The van der Waals surface area contributed by atoms with E-state index in [2.05, 4.69) is 10.3 Å². The van der Waals surface area contributed by atoms with Crippen LogP contribution in [0.2, 0.25) is 0 Å². The van der Waals surface area contributed by atoms with Gasteiger partial charge in [-0.1, -0.05) is 30.3 Å². The first-order chi connectivity index (χ1) is 10.6. The Morgan fingerprint density at radius 2 is 2.00 bits per heavy atom. The van der Waals surface area contributed by atoms with Crippen molar-refractivity contribution in [3.8, 4) is 0 Å². The zero-order chi connectivity index (χ0) is 15.5. The molecule has 0 saturated heterocycles. The van der Waals surface area contributed by atoms with Crippen LogP contribution >= 0.6 is 0 Å². The monoisotopic (exact) mass is 293 g/mol. The Bertz CT molecular complexity index is 792. The molecule has 2 heterocycles. The molecular weight excluding hydrogens is 274 g/mol. The second kappa shape index (κ2) is 6.02. The van der Waals surface area contributed by atoms with E-state index < -0.39 is 0 Å². The largest absolute Gasteiger partial charge is 0.349 e. The van der Waals surface area contributed by atoms with Crippen LogP contribution in [-0.2, 0) is 18.3 Å². The lowest BCUT2D eigenvalue weighted by atomic mass is 10.1. The zero-order valence-corrected chi connectivity index (χ0v) is 12.8. The van der Waals surface area contributed by atoms with Gasteiger partial charge in [-0.25, -0.2) is 4.98 Å². The lowest BCUT2D eigenvalue weighted by Gasteiger charge is -2.14. The van der Waals surface area contributed by atoms with Gasteiger partial charge in [-0.2, -0.15) is 0 Å². The third-order valence-electron chi connectivity index (χ3n) is 3.84. The van der Waals surface area contributed by atoms with Crippen LogP contribution in [0.5, 0.6) is 0 Å². The van der Waals surface area contributed by atoms with Gasteiger partial charge >= 0.3 is 0 Å². The van der Waals surface area contributed by atoms with Gasteiger partial charge in [-0.3, -0.25) is 4.79 Å². The summed E-state index contributed by atoms with van der Waals surface area (Å²) < 4.78 is 1.96. The van der Waals surface area contributed by atoms with Crippen LogP contribution in [0.15, 0.2) is 54.9 Å². The summed E-state index contributed by atoms with van der Waals surface area (Å²) in [4.78, 5) is 16.7. The van der Waals surface area contributed by atoms with Gasteiger partial charge in [0.05, 0.1) is 12.5 Å². The molecule has 4 nitrogen and oxygen atoms in total. The molecule has 1 amide bonds. The molecule has 1 N–H and O–H groups in total. The van der Waals surface area contributed by atoms with Crippen LogP contribution in [0.1, 0.15) is 24.1 Å². The molecule has 2 aromatic heterocycles. The predicted molar refractivity (Wildman–Crippen MR) is 87.4 cm³/mol. The Kier molecular flexibility index (Phi) is 3.92. The second-order valence-corrected chi connectivity index (χ2v) is 5.52. The number of pyridine rings is 1. The molecule has 0 spiro atoms. The van der Waals surface area contributed by atoms with Gasteiger partial charge < -0.3 is 9.88 Å². The highest BCUT2D eigenvalue weighted by Crippen LogP contribution is 2.19. The number of aryl methyl sites for hydroxylation is 1. The van der Waals surface area contributed by atoms with Crippen molar-refractivity contribution in [3.05, 3.63) is 66.0 Å². The van der Waals surface area contributed by atoms with E-state index in [0.29, 0.717) is 6.42 Å². The third-order valence-corrected chi connectivity index (χ3v) is 3.84. The molecule has 3 rings (SSSR count).